The van der Waals surface area contributed by atoms with Crippen LogP contribution in [0.2, 0.25) is 5.02 Å². The van der Waals surface area contributed by atoms with Crippen LogP contribution >= 0.6 is 23.4 Å². The first-order valence-corrected chi connectivity index (χ1v) is 9.48. The Labute approximate surface area is 158 Å². The summed E-state index contributed by atoms with van der Waals surface area (Å²) < 4.78 is 5.31. The number of halogens is 1. The molecule has 0 spiro atoms. The van der Waals surface area contributed by atoms with Gasteiger partial charge in [-0.3, -0.25) is 4.79 Å². The van der Waals surface area contributed by atoms with Crippen LogP contribution in [0, 0.1) is 6.92 Å². The zero-order valence-electron chi connectivity index (χ0n) is 14.5. The fourth-order valence-electron chi connectivity index (χ4n) is 2.25. The van der Waals surface area contributed by atoms with Gasteiger partial charge in [-0.2, -0.15) is 0 Å². The lowest BCUT2D eigenvalue weighted by Crippen LogP contribution is -2.27. The highest BCUT2D eigenvalue weighted by atomic mass is 35.5. The number of benzene rings is 2. The van der Waals surface area contributed by atoms with Crippen LogP contribution in [0.1, 0.15) is 12.0 Å². The number of ether oxygens (including phenoxy) is 1. The SMILES string of the molecule is COc1ccc(C)cc1NCCC(=O)NCCSc1ccc(Cl)cc1. The summed E-state index contributed by atoms with van der Waals surface area (Å²) in [5, 5.41) is 6.92. The Kier molecular flexibility index (Phi) is 7.95. The van der Waals surface area contributed by atoms with E-state index < -0.39 is 0 Å². The number of hydrogen-bond donors (Lipinski definition) is 2. The summed E-state index contributed by atoms with van der Waals surface area (Å²) in [4.78, 5) is 13.0. The molecule has 0 fully saturated rings. The van der Waals surface area contributed by atoms with Crippen LogP contribution in [-0.4, -0.2) is 31.9 Å². The molecule has 2 aromatic carbocycles. The van der Waals surface area contributed by atoms with Crippen LogP contribution in [0.3, 0.4) is 0 Å². The van der Waals surface area contributed by atoms with E-state index in [1.807, 2.05) is 49.4 Å². The first-order chi connectivity index (χ1) is 12.1. The zero-order chi connectivity index (χ0) is 18.1. The van der Waals surface area contributed by atoms with Crippen molar-refractivity contribution in [2.45, 2.75) is 18.2 Å². The highest BCUT2D eigenvalue weighted by Gasteiger charge is 2.05. The number of rotatable bonds is 9. The smallest absolute Gasteiger partial charge is 0.221 e. The quantitative estimate of drug-likeness (QED) is 0.502. The van der Waals surface area contributed by atoms with Gasteiger partial charge in [-0.15, -0.1) is 11.8 Å². The summed E-state index contributed by atoms with van der Waals surface area (Å²) in [7, 11) is 1.64. The molecule has 0 saturated carbocycles. The molecule has 4 nitrogen and oxygen atoms in total. The van der Waals surface area contributed by atoms with Crippen molar-refractivity contribution >= 4 is 35.0 Å². The molecule has 2 aromatic rings. The maximum absolute atomic E-state index is 11.9. The zero-order valence-corrected chi connectivity index (χ0v) is 16.0. The van der Waals surface area contributed by atoms with Gasteiger partial charge in [0.2, 0.25) is 5.91 Å². The Bertz CT molecular complexity index is 692. The summed E-state index contributed by atoms with van der Waals surface area (Å²) in [6.45, 7) is 3.23. The maximum Gasteiger partial charge on any atom is 0.221 e. The van der Waals surface area contributed by atoms with E-state index in [0.29, 0.717) is 19.5 Å². The van der Waals surface area contributed by atoms with Crippen molar-refractivity contribution in [1.82, 2.24) is 5.32 Å². The first kappa shape index (κ1) is 19.5. The standard InChI is InChI=1S/C19H23ClN2O2S/c1-14-3-8-18(24-2)17(13-14)21-10-9-19(23)22-11-12-25-16-6-4-15(20)5-7-16/h3-8,13,21H,9-12H2,1-2H3,(H,22,23). The lowest BCUT2D eigenvalue weighted by atomic mass is 10.2. The summed E-state index contributed by atoms with van der Waals surface area (Å²) in [5.41, 5.74) is 2.06. The summed E-state index contributed by atoms with van der Waals surface area (Å²) >= 11 is 7.55. The molecule has 0 radical (unpaired) electrons. The maximum atomic E-state index is 11.9. The van der Waals surface area contributed by atoms with Crippen molar-refractivity contribution in [2.24, 2.45) is 0 Å². The Morgan fingerprint density at radius 1 is 1.16 bits per heavy atom. The number of nitrogens with one attached hydrogen (secondary N) is 2. The van der Waals surface area contributed by atoms with Crippen molar-refractivity contribution < 1.29 is 9.53 Å². The van der Waals surface area contributed by atoms with E-state index in [4.69, 9.17) is 16.3 Å². The van der Waals surface area contributed by atoms with Gasteiger partial charge in [0, 0.05) is 35.2 Å². The Morgan fingerprint density at radius 2 is 1.92 bits per heavy atom. The molecule has 25 heavy (non-hydrogen) atoms. The predicted octanol–water partition coefficient (Wildman–Crippen LogP) is 4.37. The molecular formula is C19H23ClN2O2S. The number of hydrogen-bond acceptors (Lipinski definition) is 4. The van der Waals surface area contributed by atoms with E-state index in [1.54, 1.807) is 18.9 Å². The van der Waals surface area contributed by atoms with Crippen LogP contribution < -0.4 is 15.4 Å². The van der Waals surface area contributed by atoms with Gasteiger partial charge in [0.05, 0.1) is 12.8 Å². The minimum Gasteiger partial charge on any atom is -0.495 e. The van der Waals surface area contributed by atoms with Crippen LogP contribution in [0.15, 0.2) is 47.4 Å². The fourth-order valence-corrected chi connectivity index (χ4v) is 3.14. The number of aryl methyl sites for hydroxylation is 1. The van der Waals surface area contributed by atoms with Gasteiger partial charge < -0.3 is 15.4 Å². The first-order valence-electron chi connectivity index (χ1n) is 8.12. The average Bonchev–Trinajstić information content (AvgIpc) is 2.60. The monoisotopic (exact) mass is 378 g/mol. The Morgan fingerprint density at radius 3 is 2.64 bits per heavy atom. The van der Waals surface area contributed by atoms with E-state index in [2.05, 4.69) is 10.6 Å². The fraction of sp³-hybridized carbons (Fsp3) is 0.316. The van der Waals surface area contributed by atoms with Crippen molar-refractivity contribution in [3.05, 3.63) is 53.1 Å². The number of carbonyl (C=O) groups excluding carboxylic acids is 1. The third-order valence-electron chi connectivity index (χ3n) is 3.53. The van der Waals surface area contributed by atoms with Gasteiger partial charge in [-0.1, -0.05) is 17.7 Å². The normalized spacial score (nSPS) is 10.4. The second kappa shape index (κ2) is 10.2. The van der Waals surface area contributed by atoms with Crippen LogP contribution in [0.5, 0.6) is 5.75 Å². The molecule has 0 unspecified atom stereocenters. The minimum atomic E-state index is 0.0378. The molecule has 0 heterocycles. The molecule has 0 saturated heterocycles. The molecule has 0 atom stereocenters. The van der Waals surface area contributed by atoms with Gasteiger partial charge in [0.1, 0.15) is 5.75 Å². The average molecular weight is 379 g/mol. The van der Waals surface area contributed by atoms with Gasteiger partial charge >= 0.3 is 0 Å². The highest BCUT2D eigenvalue weighted by Crippen LogP contribution is 2.25. The number of methoxy groups -OCH3 is 1. The molecule has 0 aliphatic heterocycles. The number of amides is 1. The second-order valence-electron chi connectivity index (χ2n) is 5.53. The molecule has 0 aromatic heterocycles. The van der Waals surface area contributed by atoms with Crippen molar-refractivity contribution in [2.75, 3.05) is 31.3 Å². The van der Waals surface area contributed by atoms with Crippen molar-refractivity contribution in [3.63, 3.8) is 0 Å². The molecular weight excluding hydrogens is 356 g/mol. The van der Waals surface area contributed by atoms with E-state index in [0.717, 1.165) is 32.7 Å². The van der Waals surface area contributed by atoms with E-state index in [9.17, 15) is 4.79 Å². The molecule has 134 valence electrons. The molecule has 0 aliphatic carbocycles. The topological polar surface area (TPSA) is 50.4 Å². The molecule has 2 rings (SSSR count). The largest absolute Gasteiger partial charge is 0.495 e. The number of anilines is 1. The van der Waals surface area contributed by atoms with Gasteiger partial charge in [0.15, 0.2) is 0 Å². The summed E-state index contributed by atoms with van der Waals surface area (Å²) in [6, 6.07) is 13.6. The minimum absolute atomic E-state index is 0.0378. The van der Waals surface area contributed by atoms with Crippen LogP contribution in [0.25, 0.3) is 0 Å². The third-order valence-corrected chi connectivity index (χ3v) is 4.79. The molecule has 2 N–H and O–H groups in total. The number of carbonyl (C=O) groups is 1. The number of thioether (sulfide) groups is 1. The van der Waals surface area contributed by atoms with Gasteiger partial charge in [0.25, 0.3) is 0 Å². The third kappa shape index (κ3) is 6.88. The summed E-state index contributed by atoms with van der Waals surface area (Å²) in [6.07, 6.45) is 0.419. The van der Waals surface area contributed by atoms with E-state index >= 15 is 0 Å². The molecule has 0 aliphatic rings. The van der Waals surface area contributed by atoms with Gasteiger partial charge in [-0.25, -0.2) is 0 Å². The lowest BCUT2D eigenvalue weighted by molar-refractivity contribution is -0.120. The molecule has 6 heteroatoms. The Hall–Kier alpha value is -1.85. The molecule has 0 bridgehead atoms. The van der Waals surface area contributed by atoms with E-state index in [-0.39, 0.29) is 5.91 Å². The predicted molar refractivity (Wildman–Crippen MR) is 106 cm³/mol. The van der Waals surface area contributed by atoms with E-state index in [1.165, 1.54) is 0 Å². The highest BCUT2D eigenvalue weighted by molar-refractivity contribution is 7.99. The Balaban J connectivity index is 1.64. The van der Waals surface area contributed by atoms with Crippen LogP contribution in [0.4, 0.5) is 5.69 Å². The lowest BCUT2D eigenvalue weighted by Gasteiger charge is -2.12. The second-order valence-corrected chi connectivity index (χ2v) is 7.14. The summed E-state index contributed by atoms with van der Waals surface area (Å²) in [5.74, 6) is 1.65. The van der Waals surface area contributed by atoms with Crippen LogP contribution in [-0.2, 0) is 4.79 Å². The van der Waals surface area contributed by atoms with Crippen molar-refractivity contribution in [3.8, 4) is 5.75 Å². The van der Waals surface area contributed by atoms with Crippen molar-refractivity contribution in [1.29, 1.82) is 0 Å². The van der Waals surface area contributed by atoms with Gasteiger partial charge in [-0.05, 0) is 48.9 Å². The molecule has 1 amide bonds.